The van der Waals surface area contributed by atoms with E-state index in [1.54, 1.807) is 42.9 Å². The first-order valence-electron chi connectivity index (χ1n) is 9.97. The van der Waals surface area contributed by atoms with E-state index in [4.69, 9.17) is 23.8 Å². The number of aryl methyl sites for hydroxylation is 1. The van der Waals surface area contributed by atoms with Crippen molar-refractivity contribution >= 4 is 52.2 Å². The summed E-state index contributed by atoms with van der Waals surface area (Å²) < 4.78 is 0. The number of pyridine rings is 1. The van der Waals surface area contributed by atoms with Crippen LogP contribution in [-0.4, -0.2) is 26.0 Å². The summed E-state index contributed by atoms with van der Waals surface area (Å²) in [4.78, 5) is 25.4. The van der Waals surface area contributed by atoms with Crippen molar-refractivity contribution in [3.63, 3.8) is 0 Å². The number of nitrogens with zero attached hydrogens (tertiary/aromatic N) is 3. The molecule has 0 bridgehead atoms. The van der Waals surface area contributed by atoms with Crippen molar-refractivity contribution < 1.29 is 4.79 Å². The Labute approximate surface area is 201 Å². The lowest BCUT2D eigenvalue weighted by atomic mass is 10.2. The van der Waals surface area contributed by atoms with Gasteiger partial charge in [-0.05, 0) is 79.3 Å². The van der Waals surface area contributed by atoms with Gasteiger partial charge < -0.3 is 10.6 Å². The van der Waals surface area contributed by atoms with E-state index < -0.39 is 0 Å². The Morgan fingerprint density at radius 2 is 1.85 bits per heavy atom. The summed E-state index contributed by atoms with van der Waals surface area (Å²) in [5, 5.41) is 9.67. The highest BCUT2D eigenvalue weighted by Crippen LogP contribution is 2.24. The van der Waals surface area contributed by atoms with Gasteiger partial charge in [0.1, 0.15) is 0 Å². The minimum Gasteiger partial charge on any atom is -0.332 e. The Kier molecular flexibility index (Phi) is 6.87. The lowest BCUT2D eigenvalue weighted by Crippen LogP contribution is -2.34. The number of anilines is 3. The van der Waals surface area contributed by atoms with Gasteiger partial charge in [0.15, 0.2) is 5.11 Å². The van der Waals surface area contributed by atoms with Crippen LogP contribution in [0.5, 0.6) is 0 Å². The molecule has 2 aromatic heterocycles. The summed E-state index contributed by atoms with van der Waals surface area (Å²) >= 11 is 11.2. The van der Waals surface area contributed by atoms with Crippen molar-refractivity contribution in [3.05, 3.63) is 95.4 Å². The van der Waals surface area contributed by atoms with Gasteiger partial charge in [0, 0.05) is 46.1 Å². The van der Waals surface area contributed by atoms with E-state index in [-0.39, 0.29) is 11.0 Å². The van der Waals surface area contributed by atoms with Crippen LogP contribution < -0.4 is 16.0 Å². The largest absolute Gasteiger partial charge is 0.332 e. The topological polar surface area (TPSA) is 91.8 Å². The Morgan fingerprint density at radius 3 is 2.61 bits per heavy atom. The Morgan fingerprint density at radius 1 is 1.03 bits per heavy atom. The zero-order valence-electron chi connectivity index (χ0n) is 17.5. The van der Waals surface area contributed by atoms with Crippen LogP contribution in [0.3, 0.4) is 0 Å². The summed E-state index contributed by atoms with van der Waals surface area (Å²) in [6.07, 6.45) is 5.16. The Bertz CT molecular complexity index is 1300. The maximum Gasteiger partial charge on any atom is 0.257 e. The van der Waals surface area contributed by atoms with Crippen molar-refractivity contribution in [2.45, 2.75) is 6.92 Å². The number of hydrogen-bond acceptors (Lipinski definition) is 6. The SMILES string of the molecule is Cc1ccc(NC(=S)NC(=O)c2ccc(Cl)cc2)cc1Nc1nccc(-c2cccnc2)n1. The van der Waals surface area contributed by atoms with E-state index in [1.807, 2.05) is 43.3 Å². The van der Waals surface area contributed by atoms with Gasteiger partial charge in [0.25, 0.3) is 5.91 Å². The molecule has 7 nitrogen and oxygen atoms in total. The molecular weight excluding hydrogens is 456 g/mol. The van der Waals surface area contributed by atoms with Crippen LogP contribution in [0.1, 0.15) is 15.9 Å². The van der Waals surface area contributed by atoms with Gasteiger partial charge in [-0.1, -0.05) is 17.7 Å². The summed E-state index contributed by atoms with van der Waals surface area (Å²) in [6.45, 7) is 1.97. The molecule has 164 valence electrons. The lowest BCUT2D eigenvalue weighted by Gasteiger charge is -2.13. The molecule has 0 saturated heterocycles. The molecule has 2 aromatic carbocycles. The van der Waals surface area contributed by atoms with Crippen LogP contribution in [0, 0.1) is 6.92 Å². The van der Waals surface area contributed by atoms with Gasteiger partial charge >= 0.3 is 0 Å². The molecule has 0 atom stereocenters. The second-order valence-electron chi connectivity index (χ2n) is 7.08. The van der Waals surface area contributed by atoms with Crippen LogP contribution in [-0.2, 0) is 0 Å². The first kappa shape index (κ1) is 22.3. The maximum atomic E-state index is 12.4. The first-order chi connectivity index (χ1) is 16.0. The van der Waals surface area contributed by atoms with E-state index in [0.717, 1.165) is 22.5 Å². The van der Waals surface area contributed by atoms with Crippen molar-refractivity contribution in [1.82, 2.24) is 20.3 Å². The number of rotatable bonds is 5. The molecule has 0 aliphatic carbocycles. The summed E-state index contributed by atoms with van der Waals surface area (Å²) in [6, 6.07) is 17.9. The maximum absolute atomic E-state index is 12.4. The van der Waals surface area contributed by atoms with Gasteiger partial charge in [-0.2, -0.15) is 0 Å². The number of nitrogens with one attached hydrogen (secondary N) is 3. The van der Waals surface area contributed by atoms with Crippen molar-refractivity contribution in [1.29, 1.82) is 0 Å². The number of carbonyl (C=O) groups excluding carboxylic acids is 1. The third-order valence-corrected chi connectivity index (χ3v) is 5.14. The molecule has 0 fully saturated rings. The second kappa shape index (κ2) is 10.2. The van der Waals surface area contributed by atoms with E-state index in [1.165, 1.54) is 0 Å². The van der Waals surface area contributed by atoms with Crippen LogP contribution in [0.25, 0.3) is 11.3 Å². The highest BCUT2D eigenvalue weighted by Gasteiger charge is 2.10. The van der Waals surface area contributed by atoms with E-state index in [9.17, 15) is 4.79 Å². The molecular formula is C24H19ClN6OS. The first-order valence-corrected chi connectivity index (χ1v) is 10.8. The smallest absolute Gasteiger partial charge is 0.257 e. The molecule has 33 heavy (non-hydrogen) atoms. The van der Waals surface area contributed by atoms with Crippen molar-refractivity contribution in [2.75, 3.05) is 10.6 Å². The Balaban J connectivity index is 1.45. The number of benzene rings is 2. The molecule has 0 radical (unpaired) electrons. The molecule has 0 unspecified atom stereocenters. The molecule has 3 N–H and O–H groups in total. The zero-order valence-corrected chi connectivity index (χ0v) is 19.1. The van der Waals surface area contributed by atoms with Crippen LogP contribution >= 0.6 is 23.8 Å². The summed E-state index contributed by atoms with van der Waals surface area (Å²) in [5.74, 6) is 0.130. The molecule has 1 amide bonds. The Hall–Kier alpha value is -3.88. The van der Waals surface area contributed by atoms with Gasteiger partial charge in [0.2, 0.25) is 5.95 Å². The minimum absolute atomic E-state index is 0.180. The van der Waals surface area contributed by atoms with Gasteiger partial charge in [0.05, 0.1) is 5.69 Å². The number of carbonyl (C=O) groups is 1. The lowest BCUT2D eigenvalue weighted by molar-refractivity contribution is 0.0977. The third-order valence-electron chi connectivity index (χ3n) is 4.69. The van der Waals surface area contributed by atoms with Crippen LogP contribution in [0.4, 0.5) is 17.3 Å². The molecule has 9 heteroatoms. The molecule has 4 rings (SSSR count). The molecule has 0 spiro atoms. The number of hydrogen-bond donors (Lipinski definition) is 3. The van der Waals surface area contributed by atoms with Crippen molar-refractivity contribution in [2.24, 2.45) is 0 Å². The predicted molar refractivity (Wildman–Crippen MR) is 135 cm³/mol. The molecule has 0 aliphatic heterocycles. The number of thiocarbonyl (C=S) groups is 1. The number of amides is 1. The highest BCUT2D eigenvalue weighted by atomic mass is 35.5. The average Bonchev–Trinajstić information content (AvgIpc) is 2.82. The van der Waals surface area contributed by atoms with E-state index in [2.05, 4.69) is 30.9 Å². The highest BCUT2D eigenvalue weighted by molar-refractivity contribution is 7.80. The molecule has 4 aromatic rings. The van der Waals surface area contributed by atoms with Gasteiger partial charge in [-0.3, -0.25) is 15.1 Å². The minimum atomic E-state index is -0.324. The third kappa shape index (κ3) is 5.88. The summed E-state index contributed by atoms with van der Waals surface area (Å²) in [7, 11) is 0. The average molecular weight is 475 g/mol. The van der Waals surface area contributed by atoms with Crippen LogP contribution in [0.2, 0.25) is 5.02 Å². The fourth-order valence-electron chi connectivity index (χ4n) is 2.99. The van der Waals surface area contributed by atoms with E-state index >= 15 is 0 Å². The molecule has 2 heterocycles. The fourth-order valence-corrected chi connectivity index (χ4v) is 3.32. The second-order valence-corrected chi connectivity index (χ2v) is 7.92. The van der Waals surface area contributed by atoms with Gasteiger partial charge in [-0.15, -0.1) is 0 Å². The number of halogens is 1. The number of aromatic nitrogens is 3. The zero-order chi connectivity index (χ0) is 23.2. The fraction of sp³-hybridized carbons (Fsp3) is 0.0417. The van der Waals surface area contributed by atoms with E-state index in [0.29, 0.717) is 22.2 Å². The normalized spacial score (nSPS) is 10.4. The van der Waals surface area contributed by atoms with Crippen molar-refractivity contribution in [3.8, 4) is 11.3 Å². The monoisotopic (exact) mass is 474 g/mol. The predicted octanol–water partition coefficient (Wildman–Crippen LogP) is 5.37. The summed E-state index contributed by atoms with van der Waals surface area (Å²) in [5.41, 5.74) is 4.62. The van der Waals surface area contributed by atoms with Gasteiger partial charge in [-0.25, -0.2) is 9.97 Å². The molecule has 0 aliphatic rings. The van der Waals surface area contributed by atoms with Crippen LogP contribution in [0.15, 0.2) is 79.3 Å². The quantitative estimate of drug-likeness (QED) is 0.335. The molecule has 0 saturated carbocycles. The standard InChI is InChI=1S/C24H19ClN6OS/c1-15-4-9-19(28-24(33)31-22(32)16-5-7-18(25)8-6-16)13-21(15)30-23-27-12-10-20(29-23)17-3-2-11-26-14-17/h2-14H,1H3,(H,27,29,30)(H2,28,31,32,33).